The molecule has 3 aromatic rings. The Morgan fingerprint density at radius 3 is 2.37 bits per heavy atom. The number of hydrogen-bond donors (Lipinski definition) is 0. The van der Waals surface area contributed by atoms with Gasteiger partial charge in [0.25, 0.3) is 0 Å². The fourth-order valence-electron chi connectivity index (χ4n) is 3.83. The van der Waals surface area contributed by atoms with Gasteiger partial charge in [-0.15, -0.1) is 11.3 Å². The molecule has 0 spiro atoms. The Bertz CT molecular complexity index is 996. The lowest BCUT2D eigenvalue weighted by molar-refractivity contribution is 0.350. The first-order valence-corrected chi connectivity index (χ1v) is 10.1. The number of aromatic nitrogens is 2. The fourth-order valence-corrected chi connectivity index (χ4v) is 4.56. The predicted octanol–water partition coefficient (Wildman–Crippen LogP) is 6.92. The zero-order valence-electron chi connectivity index (χ0n) is 15.9. The molecule has 1 fully saturated rings. The van der Waals surface area contributed by atoms with Crippen LogP contribution in [0.5, 0.6) is 0 Å². The molecule has 2 nitrogen and oxygen atoms in total. The van der Waals surface area contributed by atoms with Gasteiger partial charge < -0.3 is 0 Å². The standard InChI is InChI=1S/C24H24N2S/c1-17-14-24(3,4)15-18(2)21(17)13-19-16-26(20-9-6-5-7-10-20)25-23(19)22-11-8-12-27-22/h5-13,16H,1-2,14-15H2,3-4H3. The van der Waals surface area contributed by atoms with Crippen molar-refractivity contribution < 1.29 is 0 Å². The summed E-state index contributed by atoms with van der Waals surface area (Å²) in [4.78, 5) is 1.17. The molecule has 1 aliphatic carbocycles. The van der Waals surface area contributed by atoms with Crippen LogP contribution in [-0.4, -0.2) is 9.78 Å². The molecule has 0 radical (unpaired) electrons. The Morgan fingerprint density at radius 1 is 1.04 bits per heavy atom. The van der Waals surface area contributed by atoms with E-state index in [2.05, 4.69) is 68.9 Å². The molecule has 1 aliphatic rings. The summed E-state index contributed by atoms with van der Waals surface area (Å²) in [5.41, 5.74) is 6.92. The molecule has 1 saturated carbocycles. The summed E-state index contributed by atoms with van der Waals surface area (Å²) in [5.74, 6) is 0. The SMILES string of the molecule is C=C1CC(C)(C)CC(=C)C1=Cc1cn(-c2ccccc2)nc1-c1cccs1. The molecule has 0 amide bonds. The van der Waals surface area contributed by atoms with Crippen LogP contribution in [0.2, 0.25) is 0 Å². The predicted molar refractivity (Wildman–Crippen MR) is 116 cm³/mol. The fraction of sp³-hybridized carbons (Fsp3) is 0.208. The van der Waals surface area contributed by atoms with Gasteiger partial charge in [0.1, 0.15) is 5.69 Å². The Kier molecular flexibility index (Phi) is 4.48. The molecule has 136 valence electrons. The number of thiophene rings is 1. The molecular formula is C24H24N2S. The second kappa shape index (κ2) is 6.82. The second-order valence-electron chi connectivity index (χ2n) is 7.97. The van der Waals surface area contributed by atoms with Gasteiger partial charge in [0, 0.05) is 11.8 Å². The number of para-hydroxylation sites is 1. The van der Waals surface area contributed by atoms with E-state index in [1.54, 1.807) is 11.3 Å². The highest BCUT2D eigenvalue weighted by molar-refractivity contribution is 7.13. The Balaban J connectivity index is 1.81. The topological polar surface area (TPSA) is 17.8 Å². The molecule has 0 bridgehead atoms. The number of rotatable bonds is 3. The third-order valence-corrected chi connectivity index (χ3v) is 5.84. The van der Waals surface area contributed by atoms with Crippen LogP contribution in [0.15, 0.2) is 83.9 Å². The van der Waals surface area contributed by atoms with E-state index in [1.165, 1.54) is 21.6 Å². The van der Waals surface area contributed by atoms with Crippen LogP contribution in [0.1, 0.15) is 32.3 Å². The molecule has 3 heteroatoms. The van der Waals surface area contributed by atoms with Crippen molar-refractivity contribution in [3.8, 4) is 16.3 Å². The quantitative estimate of drug-likeness (QED) is 0.488. The van der Waals surface area contributed by atoms with E-state index < -0.39 is 0 Å². The lowest BCUT2D eigenvalue weighted by Gasteiger charge is -2.34. The normalized spacial score (nSPS) is 16.6. The summed E-state index contributed by atoms with van der Waals surface area (Å²) in [5, 5.41) is 6.98. The highest BCUT2D eigenvalue weighted by Crippen LogP contribution is 2.44. The zero-order valence-corrected chi connectivity index (χ0v) is 16.7. The number of benzene rings is 1. The lowest BCUT2D eigenvalue weighted by Crippen LogP contribution is -2.19. The zero-order chi connectivity index (χ0) is 19.0. The second-order valence-corrected chi connectivity index (χ2v) is 8.92. The number of nitrogens with zero attached hydrogens (tertiary/aromatic N) is 2. The molecule has 0 atom stereocenters. The van der Waals surface area contributed by atoms with Gasteiger partial charge in [0.15, 0.2) is 0 Å². The highest BCUT2D eigenvalue weighted by Gasteiger charge is 2.29. The van der Waals surface area contributed by atoms with Gasteiger partial charge in [0.05, 0.1) is 10.6 Å². The summed E-state index contributed by atoms with van der Waals surface area (Å²) in [6.45, 7) is 13.2. The van der Waals surface area contributed by atoms with Gasteiger partial charge >= 0.3 is 0 Å². The first-order valence-electron chi connectivity index (χ1n) is 9.20. The molecule has 2 heterocycles. The molecule has 4 rings (SSSR count). The van der Waals surface area contributed by atoms with Crippen LogP contribution in [0.25, 0.3) is 22.3 Å². The van der Waals surface area contributed by atoms with E-state index in [0.29, 0.717) is 0 Å². The summed E-state index contributed by atoms with van der Waals surface area (Å²) in [6, 6.07) is 14.4. The first-order chi connectivity index (χ1) is 12.9. The maximum Gasteiger partial charge on any atom is 0.110 e. The van der Waals surface area contributed by atoms with Crippen LogP contribution >= 0.6 is 11.3 Å². The summed E-state index contributed by atoms with van der Waals surface area (Å²) in [7, 11) is 0. The Hall–Kier alpha value is -2.65. The molecule has 0 N–H and O–H groups in total. The van der Waals surface area contributed by atoms with E-state index in [-0.39, 0.29) is 5.41 Å². The van der Waals surface area contributed by atoms with Crippen LogP contribution in [0, 0.1) is 5.41 Å². The number of allylic oxidation sites excluding steroid dienone is 3. The minimum absolute atomic E-state index is 0.232. The van der Waals surface area contributed by atoms with E-state index in [4.69, 9.17) is 5.10 Å². The van der Waals surface area contributed by atoms with E-state index in [1.807, 2.05) is 22.9 Å². The third kappa shape index (κ3) is 3.60. The van der Waals surface area contributed by atoms with E-state index >= 15 is 0 Å². The summed E-state index contributed by atoms with van der Waals surface area (Å²) < 4.78 is 1.96. The highest BCUT2D eigenvalue weighted by atomic mass is 32.1. The van der Waals surface area contributed by atoms with Crippen LogP contribution in [0.4, 0.5) is 0 Å². The largest absolute Gasteiger partial charge is 0.240 e. The average molecular weight is 373 g/mol. The molecule has 27 heavy (non-hydrogen) atoms. The number of hydrogen-bond acceptors (Lipinski definition) is 2. The average Bonchev–Trinajstić information content (AvgIpc) is 3.27. The van der Waals surface area contributed by atoms with Crippen molar-refractivity contribution in [2.45, 2.75) is 26.7 Å². The van der Waals surface area contributed by atoms with Gasteiger partial charge in [-0.25, -0.2) is 4.68 Å². The van der Waals surface area contributed by atoms with E-state index in [0.717, 1.165) is 29.8 Å². The molecule has 2 aromatic heterocycles. The third-order valence-electron chi connectivity index (χ3n) is 4.96. The van der Waals surface area contributed by atoms with Crippen LogP contribution in [-0.2, 0) is 0 Å². The van der Waals surface area contributed by atoms with Gasteiger partial charge in [-0.1, -0.05) is 51.3 Å². The van der Waals surface area contributed by atoms with E-state index in [9.17, 15) is 0 Å². The first kappa shape index (κ1) is 17.7. The van der Waals surface area contributed by atoms with Crippen molar-refractivity contribution >= 4 is 17.4 Å². The summed E-state index contributed by atoms with van der Waals surface area (Å²) in [6.07, 6.45) is 6.33. The van der Waals surface area contributed by atoms with Crippen molar-refractivity contribution in [2.24, 2.45) is 5.41 Å². The molecule has 0 unspecified atom stereocenters. The minimum atomic E-state index is 0.232. The van der Waals surface area contributed by atoms with Crippen molar-refractivity contribution in [3.63, 3.8) is 0 Å². The maximum absolute atomic E-state index is 4.89. The van der Waals surface area contributed by atoms with Gasteiger partial charge in [-0.3, -0.25) is 0 Å². The monoisotopic (exact) mass is 372 g/mol. The maximum atomic E-state index is 4.89. The van der Waals surface area contributed by atoms with Crippen LogP contribution in [0.3, 0.4) is 0 Å². The van der Waals surface area contributed by atoms with Crippen LogP contribution < -0.4 is 0 Å². The van der Waals surface area contributed by atoms with Crippen molar-refractivity contribution in [1.29, 1.82) is 0 Å². The van der Waals surface area contributed by atoms with Gasteiger partial charge in [-0.05, 0) is 64.6 Å². The Labute approximate surface area is 165 Å². The van der Waals surface area contributed by atoms with Gasteiger partial charge in [-0.2, -0.15) is 5.10 Å². The minimum Gasteiger partial charge on any atom is -0.240 e. The molecule has 0 aliphatic heterocycles. The summed E-state index contributed by atoms with van der Waals surface area (Å²) >= 11 is 1.71. The smallest absolute Gasteiger partial charge is 0.110 e. The molecule has 0 saturated heterocycles. The van der Waals surface area contributed by atoms with Gasteiger partial charge in [0.2, 0.25) is 0 Å². The van der Waals surface area contributed by atoms with Crippen molar-refractivity contribution in [3.05, 3.63) is 89.5 Å². The molecular weight excluding hydrogens is 348 g/mol. The lowest BCUT2D eigenvalue weighted by atomic mass is 9.71. The van der Waals surface area contributed by atoms with Crippen molar-refractivity contribution in [1.82, 2.24) is 9.78 Å². The Morgan fingerprint density at radius 2 is 1.74 bits per heavy atom. The van der Waals surface area contributed by atoms with Crippen molar-refractivity contribution in [2.75, 3.05) is 0 Å². The molecule has 1 aromatic carbocycles.